The molecule has 0 aromatic rings. The van der Waals surface area contributed by atoms with Crippen molar-refractivity contribution in [2.24, 2.45) is 5.41 Å². The Bertz CT molecular complexity index is 251. The van der Waals surface area contributed by atoms with Crippen molar-refractivity contribution in [1.29, 1.82) is 0 Å². The van der Waals surface area contributed by atoms with Gasteiger partial charge in [-0.2, -0.15) is 0 Å². The summed E-state index contributed by atoms with van der Waals surface area (Å²) in [4.78, 5) is 5.25. The van der Waals surface area contributed by atoms with Crippen LogP contribution in [0.25, 0.3) is 0 Å². The molecule has 88 valence electrons. The summed E-state index contributed by atoms with van der Waals surface area (Å²) in [7, 11) is 2.31. The van der Waals surface area contributed by atoms with E-state index < -0.39 is 0 Å². The van der Waals surface area contributed by atoms with Crippen molar-refractivity contribution in [3.63, 3.8) is 0 Å². The van der Waals surface area contributed by atoms with Crippen molar-refractivity contribution in [3.05, 3.63) is 0 Å². The number of fused-ring (bicyclic) bond motifs is 1. The molecule has 0 aliphatic carbocycles. The van der Waals surface area contributed by atoms with Crippen molar-refractivity contribution in [1.82, 2.24) is 9.80 Å². The zero-order valence-electron chi connectivity index (χ0n) is 11.0. The summed E-state index contributed by atoms with van der Waals surface area (Å²) in [6, 6.07) is 0.692. The van der Waals surface area contributed by atoms with Crippen LogP contribution in [0, 0.1) is 5.41 Å². The first-order valence-corrected chi connectivity index (χ1v) is 6.34. The summed E-state index contributed by atoms with van der Waals surface area (Å²) < 4.78 is 0. The van der Waals surface area contributed by atoms with Crippen LogP contribution in [0.4, 0.5) is 0 Å². The molecule has 2 atom stereocenters. The molecule has 0 aromatic heterocycles. The second kappa shape index (κ2) is 3.46. The van der Waals surface area contributed by atoms with Crippen molar-refractivity contribution in [2.75, 3.05) is 26.7 Å². The molecule has 2 aliphatic rings. The van der Waals surface area contributed by atoms with Crippen LogP contribution in [0.15, 0.2) is 0 Å². The van der Waals surface area contributed by atoms with E-state index in [1.54, 1.807) is 0 Å². The van der Waals surface area contributed by atoms with Gasteiger partial charge >= 0.3 is 0 Å². The van der Waals surface area contributed by atoms with Gasteiger partial charge in [0.2, 0.25) is 0 Å². The Morgan fingerprint density at radius 3 is 2.33 bits per heavy atom. The molecule has 0 radical (unpaired) electrons. The van der Waals surface area contributed by atoms with Crippen molar-refractivity contribution in [3.8, 4) is 0 Å². The van der Waals surface area contributed by atoms with Crippen LogP contribution in [0.5, 0.6) is 0 Å². The highest BCUT2D eigenvalue weighted by molar-refractivity contribution is 5.11. The highest BCUT2D eigenvalue weighted by Gasteiger charge is 2.55. The van der Waals surface area contributed by atoms with Gasteiger partial charge in [0.15, 0.2) is 0 Å². The van der Waals surface area contributed by atoms with Gasteiger partial charge in [-0.15, -0.1) is 0 Å². The number of likely N-dealkylation sites (tertiary alicyclic amines) is 2. The quantitative estimate of drug-likeness (QED) is 0.654. The fraction of sp³-hybridized carbons (Fsp3) is 1.00. The van der Waals surface area contributed by atoms with Crippen LogP contribution in [-0.4, -0.2) is 48.1 Å². The van der Waals surface area contributed by atoms with E-state index in [1.165, 1.54) is 32.5 Å². The molecule has 2 fully saturated rings. The number of piperidine rings is 1. The Balaban J connectivity index is 2.26. The van der Waals surface area contributed by atoms with E-state index in [9.17, 15) is 0 Å². The minimum Gasteiger partial charge on any atom is -0.299 e. The minimum atomic E-state index is 0.398. The molecule has 2 saturated heterocycles. The van der Waals surface area contributed by atoms with Gasteiger partial charge in [-0.3, -0.25) is 9.80 Å². The van der Waals surface area contributed by atoms with Crippen LogP contribution >= 0.6 is 0 Å². The predicted molar refractivity (Wildman–Crippen MR) is 65.1 cm³/mol. The van der Waals surface area contributed by atoms with Crippen molar-refractivity contribution in [2.45, 2.75) is 52.1 Å². The monoisotopic (exact) mass is 210 g/mol. The number of nitrogens with zero attached hydrogens (tertiary/aromatic N) is 2. The molecule has 2 heteroatoms. The molecule has 0 bridgehead atoms. The van der Waals surface area contributed by atoms with Gasteiger partial charge in [0.25, 0.3) is 0 Å². The van der Waals surface area contributed by atoms with Gasteiger partial charge in [-0.05, 0) is 52.6 Å². The molecule has 0 aromatic carbocycles. The zero-order chi connectivity index (χ0) is 11.3. The van der Waals surface area contributed by atoms with Crippen LogP contribution in [-0.2, 0) is 0 Å². The molecule has 0 saturated carbocycles. The largest absolute Gasteiger partial charge is 0.299 e. The summed E-state index contributed by atoms with van der Waals surface area (Å²) in [6.45, 7) is 13.4. The first kappa shape index (κ1) is 11.4. The van der Waals surface area contributed by atoms with Gasteiger partial charge in [-0.1, -0.05) is 6.92 Å². The normalized spacial score (nSPS) is 43.6. The molecule has 0 unspecified atom stereocenters. The lowest BCUT2D eigenvalue weighted by Crippen LogP contribution is -2.58. The summed E-state index contributed by atoms with van der Waals surface area (Å²) >= 11 is 0. The number of hydrogen-bond donors (Lipinski definition) is 0. The average molecular weight is 210 g/mol. The first-order valence-electron chi connectivity index (χ1n) is 6.34. The van der Waals surface area contributed by atoms with Gasteiger partial charge in [0.1, 0.15) is 0 Å². The van der Waals surface area contributed by atoms with E-state index in [1.807, 2.05) is 0 Å². The first-order chi connectivity index (χ1) is 6.89. The molecular weight excluding hydrogens is 184 g/mol. The summed E-state index contributed by atoms with van der Waals surface area (Å²) in [5.74, 6) is 0. The summed E-state index contributed by atoms with van der Waals surface area (Å²) in [5, 5.41) is 0. The molecule has 0 N–H and O–H groups in total. The molecule has 2 heterocycles. The molecular formula is C13H26N2. The third kappa shape index (κ3) is 1.53. The second-order valence-electron chi connectivity index (χ2n) is 6.36. The van der Waals surface area contributed by atoms with Gasteiger partial charge in [0, 0.05) is 24.7 Å². The van der Waals surface area contributed by atoms with Crippen LogP contribution in [0.2, 0.25) is 0 Å². The third-order valence-corrected chi connectivity index (χ3v) is 5.16. The maximum Gasteiger partial charge on any atom is 0.0371 e. The Labute approximate surface area is 94.6 Å². The maximum atomic E-state index is 2.65. The standard InChI is InChI=1S/C13H26N2/c1-11(2)15-9-12(3)7-6-8-14(5)13(12,4)10-15/h11H,6-10H2,1-5H3/t12-,13+/m1/s1. The topological polar surface area (TPSA) is 6.48 Å². The fourth-order valence-electron chi connectivity index (χ4n) is 3.51. The SMILES string of the molecule is CC(C)N1C[C@@]2(C)CCCN(C)[C@@]2(C)C1. The lowest BCUT2D eigenvalue weighted by atomic mass is 9.68. The number of likely N-dealkylation sites (N-methyl/N-ethyl adjacent to an activating group) is 1. The van der Waals surface area contributed by atoms with E-state index in [4.69, 9.17) is 0 Å². The lowest BCUT2D eigenvalue weighted by molar-refractivity contribution is 0.00284. The highest BCUT2D eigenvalue weighted by Crippen LogP contribution is 2.49. The van der Waals surface area contributed by atoms with Gasteiger partial charge < -0.3 is 0 Å². The molecule has 2 aliphatic heterocycles. The zero-order valence-corrected chi connectivity index (χ0v) is 11.0. The van der Waals surface area contributed by atoms with E-state index in [-0.39, 0.29) is 0 Å². The molecule has 2 nitrogen and oxygen atoms in total. The molecule has 15 heavy (non-hydrogen) atoms. The Hall–Kier alpha value is -0.0800. The van der Waals surface area contributed by atoms with Crippen molar-refractivity contribution >= 4 is 0 Å². The average Bonchev–Trinajstić information content (AvgIpc) is 2.41. The fourth-order valence-corrected chi connectivity index (χ4v) is 3.51. The van der Waals surface area contributed by atoms with Crippen LogP contribution < -0.4 is 0 Å². The summed E-state index contributed by atoms with van der Waals surface area (Å²) in [5.41, 5.74) is 0.903. The van der Waals surface area contributed by atoms with Crippen LogP contribution in [0.1, 0.15) is 40.5 Å². The smallest absolute Gasteiger partial charge is 0.0371 e. The molecule has 0 amide bonds. The van der Waals surface area contributed by atoms with Crippen LogP contribution in [0.3, 0.4) is 0 Å². The van der Waals surface area contributed by atoms with Gasteiger partial charge in [0.05, 0.1) is 0 Å². The van der Waals surface area contributed by atoms with E-state index in [0.717, 1.165) is 0 Å². The molecule has 0 spiro atoms. The van der Waals surface area contributed by atoms with E-state index >= 15 is 0 Å². The highest BCUT2D eigenvalue weighted by atomic mass is 15.3. The third-order valence-electron chi connectivity index (χ3n) is 5.16. The molecule has 2 rings (SSSR count). The van der Waals surface area contributed by atoms with E-state index in [2.05, 4.69) is 44.5 Å². The second-order valence-corrected chi connectivity index (χ2v) is 6.36. The Morgan fingerprint density at radius 1 is 1.13 bits per heavy atom. The number of hydrogen-bond acceptors (Lipinski definition) is 2. The minimum absolute atomic E-state index is 0.398. The Kier molecular flexibility index (Phi) is 2.63. The Morgan fingerprint density at radius 2 is 1.80 bits per heavy atom. The predicted octanol–water partition coefficient (Wildman–Crippen LogP) is 2.20. The van der Waals surface area contributed by atoms with Crippen molar-refractivity contribution < 1.29 is 0 Å². The maximum absolute atomic E-state index is 2.65. The van der Waals surface area contributed by atoms with E-state index in [0.29, 0.717) is 17.0 Å². The lowest BCUT2D eigenvalue weighted by Gasteiger charge is -2.50. The number of rotatable bonds is 1. The summed E-state index contributed by atoms with van der Waals surface area (Å²) in [6.07, 6.45) is 2.77. The van der Waals surface area contributed by atoms with Gasteiger partial charge in [-0.25, -0.2) is 0 Å².